The van der Waals surface area contributed by atoms with Crippen molar-refractivity contribution in [1.29, 1.82) is 0 Å². The van der Waals surface area contributed by atoms with Gasteiger partial charge in [-0.1, -0.05) is 37.3 Å². The Labute approximate surface area is 114 Å². The Morgan fingerprint density at radius 3 is 2.63 bits per heavy atom. The van der Waals surface area contributed by atoms with Gasteiger partial charge < -0.3 is 10.4 Å². The van der Waals surface area contributed by atoms with Crippen molar-refractivity contribution in [3.05, 3.63) is 59.3 Å². The molecule has 1 heterocycles. The van der Waals surface area contributed by atoms with Crippen molar-refractivity contribution in [3.8, 4) is 0 Å². The molecule has 3 heteroatoms. The lowest BCUT2D eigenvalue weighted by molar-refractivity contribution is 0.173. The molecule has 2 aromatic rings. The summed E-state index contributed by atoms with van der Waals surface area (Å²) in [6.07, 6.45) is 2.03. The number of aliphatic hydroxyl groups excluding tert-OH is 1. The SMILES string of the molecule is CC[C@H](O)c1cnc(NCc2ccccc2)c(C)c1. The summed E-state index contributed by atoms with van der Waals surface area (Å²) in [5, 5.41) is 13.1. The monoisotopic (exact) mass is 256 g/mol. The minimum Gasteiger partial charge on any atom is -0.388 e. The van der Waals surface area contributed by atoms with Crippen molar-refractivity contribution in [2.24, 2.45) is 0 Å². The number of rotatable bonds is 5. The molecule has 0 spiro atoms. The summed E-state index contributed by atoms with van der Waals surface area (Å²) in [5.74, 6) is 0.871. The van der Waals surface area contributed by atoms with Gasteiger partial charge in [0.05, 0.1) is 6.10 Å². The molecular weight excluding hydrogens is 236 g/mol. The maximum Gasteiger partial charge on any atom is 0.129 e. The maximum atomic E-state index is 9.79. The van der Waals surface area contributed by atoms with Crippen molar-refractivity contribution in [1.82, 2.24) is 4.98 Å². The lowest BCUT2D eigenvalue weighted by Gasteiger charge is -2.12. The van der Waals surface area contributed by atoms with Gasteiger partial charge in [-0.2, -0.15) is 0 Å². The number of pyridine rings is 1. The molecule has 0 unspecified atom stereocenters. The topological polar surface area (TPSA) is 45.2 Å². The highest BCUT2D eigenvalue weighted by Crippen LogP contribution is 2.20. The molecule has 0 amide bonds. The zero-order chi connectivity index (χ0) is 13.7. The van der Waals surface area contributed by atoms with Gasteiger partial charge in [0.1, 0.15) is 5.82 Å². The lowest BCUT2D eigenvalue weighted by Crippen LogP contribution is -2.05. The van der Waals surface area contributed by atoms with Crippen LogP contribution in [0.1, 0.15) is 36.1 Å². The fourth-order valence-corrected chi connectivity index (χ4v) is 1.98. The molecule has 1 aromatic carbocycles. The Morgan fingerprint density at radius 1 is 1.26 bits per heavy atom. The van der Waals surface area contributed by atoms with Gasteiger partial charge in [-0.25, -0.2) is 4.98 Å². The molecule has 1 atom stereocenters. The van der Waals surface area contributed by atoms with Gasteiger partial charge in [-0.3, -0.25) is 0 Å². The molecule has 1 aromatic heterocycles. The Balaban J connectivity index is 2.05. The zero-order valence-corrected chi connectivity index (χ0v) is 11.4. The molecule has 0 aliphatic carbocycles. The van der Waals surface area contributed by atoms with E-state index in [-0.39, 0.29) is 0 Å². The summed E-state index contributed by atoms with van der Waals surface area (Å²) in [6.45, 7) is 4.72. The molecule has 0 bridgehead atoms. The predicted molar refractivity (Wildman–Crippen MR) is 78.0 cm³/mol. The summed E-state index contributed by atoms with van der Waals surface area (Å²) in [4.78, 5) is 4.39. The summed E-state index contributed by atoms with van der Waals surface area (Å²) >= 11 is 0. The Kier molecular flexibility index (Phi) is 4.53. The number of nitrogens with zero attached hydrogens (tertiary/aromatic N) is 1. The molecule has 0 saturated heterocycles. The second-order valence-corrected chi connectivity index (χ2v) is 4.70. The molecule has 0 fully saturated rings. The predicted octanol–water partition coefficient (Wildman–Crippen LogP) is 3.45. The largest absolute Gasteiger partial charge is 0.388 e. The van der Waals surface area contributed by atoms with Gasteiger partial charge >= 0.3 is 0 Å². The van der Waals surface area contributed by atoms with Crippen LogP contribution in [0.2, 0.25) is 0 Å². The van der Waals surface area contributed by atoms with E-state index in [4.69, 9.17) is 0 Å². The molecule has 19 heavy (non-hydrogen) atoms. The number of anilines is 1. The number of aryl methyl sites for hydroxylation is 1. The van der Waals surface area contributed by atoms with Crippen LogP contribution in [0.3, 0.4) is 0 Å². The highest BCUT2D eigenvalue weighted by atomic mass is 16.3. The van der Waals surface area contributed by atoms with Gasteiger partial charge in [0.2, 0.25) is 0 Å². The van der Waals surface area contributed by atoms with E-state index in [0.29, 0.717) is 6.42 Å². The molecule has 0 saturated carbocycles. The molecule has 2 N–H and O–H groups in total. The highest BCUT2D eigenvalue weighted by molar-refractivity contribution is 5.45. The van der Waals surface area contributed by atoms with Crippen molar-refractivity contribution < 1.29 is 5.11 Å². The fraction of sp³-hybridized carbons (Fsp3) is 0.312. The maximum absolute atomic E-state index is 9.79. The second kappa shape index (κ2) is 6.34. The number of aliphatic hydroxyl groups is 1. The van der Waals surface area contributed by atoms with Crippen LogP contribution in [0.5, 0.6) is 0 Å². The average molecular weight is 256 g/mol. The van der Waals surface area contributed by atoms with Crippen LogP contribution in [0, 0.1) is 6.92 Å². The first-order valence-electron chi connectivity index (χ1n) is 6.63. The molecular formula is C16H20N2O. The Hall–Kier alpha value is -1.87. The fourth-order valence-electron chi connectivity index (χ4n) is 1.98. The van der Waals surface area contributed by atoms with E-state index in [1.807, 2.05) is 38.1 Å². The van der Waals surface area contributed by atoms with Gasteiger partial charge in [0, 0.05) is 12.7 Å². The van der Waals surface area contributed by atoms with Crippen molar-refractivity contribution >= 4 is 5.82 Å². The minimum absolute atomic E-state index is 0.422. The van der Waals surface area contributed by atoms with Crippen molar-refractivity contribution in [3.63, 3.8) is 0 Å². The van der Waals surface area contributed by atoms with Crippen LogP contribution < -0.4 is 5.32 Å². The average Bonchev–Trinajstić information content (AvgIpc) is 2.46. The first-order chi connectivity index (χ1) is 9.20. The summed E-state index contributed by atoms with van der Waals surface area (Å²) in [5.41, 5.74) is 3.16. The summed E-state index contributed by atoms with van der Waals surface area (Å²) in [7, 11) is 0. The first kappa shape index (κ1) is 13.6. The third-order valence-corrected chi connectivity index (χ3v) is 3.17. The van der Waals surface area contributed by atoms with Crippen LogP contribution in [0.4, 0.5) is 5.82 Å². The lowest BCUT2D eigenvalue weighted by atomic mass is 10.1. The van der Waals surface area contributed by atoms with E-state index in [2.05, 4.69) is 22.4 Å². The van der Waals surface area contributed by atoms with Gasteiger partial charge in [0.25, 0.3) is 0 Å². The van der Waals surface area contributed by atoms with E-state index in [9.17, 15) is 5.11 Å². The van der Waals surface area contributed by atoms with Crippen LogP contribution in [-0.2, 0) is 6.54 Å². The third kappa shape index (κ3) is 3.55. The van der Waals surface area contributed by atoms with Crippen LogP contribution in [0.15, 0.2) is 42.6 Å². The minimum atomic E-state index is -0.422. The third-order valence-electron chi connectivity index (χ3n) is 3.17. The van der Waals surface area contributed by atoms with E-state index in [1.165, 1.54) is 5.56 Å². The molecule has 3 nitrogen and oxygen atoms in total. The standard InChI is InChI=1S/C16H20N2O/c1-3-15(19)14-9-12(2)16(18-11-14)17-10-13-7-5-4-6-8-13/h4-9,11,15,19H,3,10H2,1-2H3,(H,17,18)/t15-/m0/s1. The Morgan fingerprint density at radius 2 is 2.00 bits per heavy atom. The number of benzene rings is 1. The zero-order valence-electron chi connectivity index (χ0n) is 11.4. The Bertz CT molecular complexity index is 526. The number of aromatic nitrogens is 1. The quantitative estimate of drug-likeness (QED) is 0.861. The molecule has 0 aliphatic heterocycles. The summed E-state index contributed by atoms with van der Waals surface area (Å²) < 4.78 is 0. The number of nitrogens with one attached hydrogen (secondary N) is 1. The van der Waals surface area contributed by atoms with Crippen LogP contribution in [0.25, 0.3) is 0 Å². The van der Waals surface area contributed by atoms with Gasteiger partial charge in [0.15, 0.2) is 0 Å². The highest BCUT2D eigenvalue weighted by Gasteiger charge is 2.07. The van der Waals surface area contributed by atoms with Crippen LogP contribution in [-0.4, -0.2) is 10.1 Å². The van der Waals surface area contributed by atoms with E-state index in [1.54, 1.807) is 6.20 Å². The van der Waals surface area contributed by atoms with Gasteiger partial charge in [-0.05, 0) is 36.1 Å². The molecule has 0 radical (unpaired) electrons. The molecule has 2 rings (SSSR count). The van der Waals surface area contributed by atoms with Crippen molar-refractivity contribution in [2.45, 2.75) is 32.9 Å². The van der Waals surface area contributed by atoms with E-state index < -0.39 is 6.10 Å². The number of hydrogen-bond donors (Lipinski definition) is 2. The van der Waals surface area contributed by atoms with Crippen molar-refractivity contribution in [2.75, 3.05) is 5.32 Å². The first-order valence-corrected chi connectivity index (χ1v) is 6.63. The van der Waals surface area contributed by atoms with E-state index in [0.717, 1.165) is 23.5 Å². The number of hydrogen-bond acceptors (Lipinski definition) is 3. The van der Waals surface area contributed by atoms with Crippen LogP contribution >= 0.6 is 0 Å². The molecule has 100 valence electrons. The normalized spacial score (nSPS) is 12.2. The smallest absolute Gasteiger partial charge is 0.129 e. The second-order valence-electron chi connectivity index (χ2n) is 4.70. The van der Waals surface area contributed by atoms with E-state index >= 15 is 0 Å². The molecule has 0 aliphatic rings. The summed E-state index contributed by atoms with van der Waals surface area (Å²) in [6, 6.07) is 12.2. The van der Waals surface area contributed by atoms with Gasteiger partial charge in [-0.15, -0.1) is 0 Å².